The zero-order valence-corrected chi connectivity index (χ0v) is 15.4. The number of nitrogens with one attached hydrogen (secondary N) is 1. The Hall–Kier alpha value is -3.48. The monoisotopic (exact) mass is 361 g/mol. The Morgan fingerprint density at radius 1 is 1.15 bits per heavy atom. The minimum absolute atomic E-state index is 0.0570. The molecule has 1 aliphatic rings. The molecule has 0 spiro atoms. The molecule has 1 amide bonds. The van der Waals surface area contributed by atoms with Gasteiger partial charge >= 0.3 is 0 Å². The van der Waals surface area contributed by atoms with E-state index in [1.54, 1.807) is 36.5 Å². The highest BCUT2D eigenvalue weighted by Crippen LogP contribution is 2.39. The predicted octanol–water partition coefficient (Wildman–Crippen LogP) is 3.42. The lowest BCUT2D eigenvalue weighted by molar-refractivity contribution is 0.0990. The molecular formula is C20H19N5O2. The topological polar surface area (TPSA) is 82.2 Å². The maximum absolute atomic E-state index is 12.9. The molecular weight excluding hydrogens is 342 g/mol. The average Bonchev–Trinajstić information content (AvgIpc) is 3.15. The quantitative estimate of drug-likeness (QED) is 0.723. The van der Waals surface area contributed by atoms with Gasteiger partial charge in [-0.05, 0) is 37.3 Å². The SMILES string of the molecule is CCN1c2ncccc2C(=O)N(C)c2ccc(-c3cc[nH]c3C(C)=O)nc21. The molecule has 0 aromatic carbocycles. The number of carbonyl (C=O) groups excluding carboxylic acids is 2. The number of hydrogen-bond donors (Lipinski definition) is 1. The second-order valence-electron chi connectivity index (χ2n) is 6.34. The third-order valence-corrected chi connectivity index (χ3v) is 4.74. The van der Waals surface area contributed by atoms with Gasteiger partial charge in [0, 0.05) is 38.5 Å². The number of Topliss-reactive ketones (excluding diaryl/α,β-unsaturated/α-hetero) is 1. The van der Waals surface area contributed by atoms with Crippen LogP contribution in [0.3, 0.4) is 0 Å². The fourth-order valence-electron chi connectivity index (χ4n) is 3.39. The van der Waals surface area contributed by atoms with Crippen LogP contribution in [0.25, 0.3) is 11.3 Å². The van der Waals surface area contributed by atoms with Gasteiger partial charge in [-0.3, -0.25) is 9.59 Å². The van der Waals surface area contributed by atoms with Gasteiger partial charge in [0.05, 0.1) is 22.6 Å². The lowest BCUT2D eigenvalue weighted by Gasteiger charge is -2.23. The molecule has 1 aliphatic heterocycles. The molecule has 0 aliphatic carbocycles. The highest BCUT2D eigenvalue weighted by molar-refractivity contribution is 6.12. The molecule has 4 heterocycles. The van der Waals surface area contributed by atoms with E-state index in [0.29, 0.717) is 40.8 Å². The predicted molar refractivity (Wildman–Crippen MR) is 104 cm³/mol. The van der Waals surface area contributed by atoms with Crippen LogP contribution in [0.5, 0.6) is 0 Å². The van der Waals surface area contributed by atoms with E-state index in [4.69, 9.17) is 4.98 Å². The van der Waals surface area contributed by atoms with Crippen molar-refractivity contribution in [3.8, 4) is 11.3 Å². The maximum Gasteiger partial charge on any atom is 0.261 e. The van der Waals surface area contributed by atoms with Crippen LogP contribution in [0, 0.1) is 0 Å². The summed E-state index contributed by atoms with van der Waals surface area (Å²) in [7, 11) is 1.73. The lowest BCUT2D eigenvalue weighted by atomic mass is 10.1. The normalized spacial score (nSPS) is 13.2. The number of hydrogen-bond acceptors (Lipinski definition) is 5. The molecule has 0 radical (unpaired) electrons. The molecule has 27 heavy (non-hydrogen) atoms. The number of anilines is 3. The summed E-state index contributed by atoms with van der Waals surface area (Å²) in [6, 6.07) is 9.05. The number of fused-ring (bicyclic) bond motifs is 2. The van der Waals surface area contributed by atoms with Gasteiger partial charge in [-0.2, -0.15) is 0 Å². The van der Waals surface area contributed by atoms with Gasteiger partial charge in [0.1, 0.15) is 5.82 Å². The first kappa shape index (κ1) is 17.0. The summed E-state index contributed by atoms with van der Waals surface area (Å²) >= 11 is 0. The summed E-state index contributed by atoms with van der Waals surface area (Å²) in [4.78, 5) is 40.5. The highest BCUT2D eigenvalue weighted by Gasteiger charge is 2.30. The van der Waals surface area contributed by atoms with Gasteiger partial charge < -0.3 is 14.8 Å². The smallest absolute Gasteiger partial charge is 0.261 e. The van der Waals surface area contributed by atoms with E-state index in [-0.39, 0.29) is 11.7 Å². The molecule has 7 heteroatoms. The summed E-state index contributed by atoms with van der Waals surface area (Å²) in [5, 5.41) is 0. The molecule has 0 saturated carbocycles. The first-order valence-electron chi connectivity index (χ1n) is 8.73. The van der Waals surface area contributed by atoms with Gasteiger partial charge in [0.15, 0.2) is 11.6 Å². The number of pyridine rings is 2. The van der Waals surface area contributed by atoms with Gasteiger partial charge in [-0.15, -0.1) is 0 Å². The van der Waals surface area contributed by atoms with Crippen molar-refractivity contribution >= 4 is 29.0 Å². The Labute approximate surface area is 156 Å². The van der Waals surface area contributed by atoms with E-state index >= 15 is 0 Å². The van der Waals surface area contributed by atoms with Gasteiger partial charge in [-0.25, -0.2) is 9.97 Å². The number of aromatic nitrogens is 3. The maximum atomic E-state index is 12.9. The third-order valence-electron chi connectivity index (χ3n) is 4.74. The fraction of sp³-hybridized carbons (Fsp3) is 0.200. The van der Waals surface area contributed by atoms with Gasteiger partial charge in [0.25, 0.3) is 5.91 Å². The molecule has 7 nitrogen and oxygen atoms in total. The van der Waals surface area contributed by atoms with Crippen molar-refractivity contribution in [3.63, 3.8) is 0 Å². The zero-order chi connectivity index (χ0) is 19.1. The van der Waals surface area contributed by atoms with Crippen LogP contribution >= 0.6 is 0 Å². The Balaban J connectivity index is 1.95. The molecule has 3 aromatic rings. The summed E-state index contributed by atoms with van der Waals surface area (Å²) in [6.45, 7) is 4.11. The molecule has 0 fully saturated rings. The van der Waals surface area contributed by atoms with Crippen molar-refractivity contribution in [2.45, 2.75) is 13.8 Å². The number of amides is 1. The summed E-state index contributed by atoms with van der Waals surface area (Å²) in [6.07, 6.45) is 3.40. The highest BCUT2D eigenvalue weighted by atomic mass is 16.2. The van der Waals surface area contributed by atoms with E-state index in [2.05, 4.69) is 9.97 Å². The molecule has 0 bridgehead atoms. The number of nitrogens with zero attached hydrogens (tertiary/aromatic N) is 4. The van der Waals surface area contributed by atoms with E-state index in [9.17, 15) is 9.59 Å². The lowest BCUT2D eigenvalue weighted by Crippen LogP contribution is -2.25. The first-order valence-corrected chi connectivity index (χ1v) is 8.73. The zero-order valence-electron chi connectivity index (χ0n) is 15.4. The van der Waals surface area contributed by atoms with Crippen molar-refractivity contribution < 1.29 is 9.59 Å². The van der Waals surface area contributed by atoms with Crippen LogP contribution in [0.1, 0.15) is 34.7 Å². The largest absolute Gasteiger partial charge is 0.358 e. The van der Waals surface area contributed by atoms with Crippen molar-refractivity contribution in [1.29, 1.82) is 0 Å². The van der Waals surface area contributed by atoms with E-state index in [1.165, 1.54) is 6.92 Å². The van der Waals surface area contributed by atoms with Crippen LogP contribution in [0.4, 0.5) is 17.3 Å². The molecule has 1 N–H and O–H groups in total. The van der Waals surface area contributed by atoms with Crippen LogP contribution in [-0.2, 0) is 0 Å². The Kier molecular flexibility index (Phi) is 3.99. The van der Waals surface area contributed by atoms with Crippen LogP contribution < -0.4 is 9.80 Å². The van der Waals surface area contributed by atoms with Crippen molar-refractivity contribution in [2.24, 2.45) is 0 Å². The minimum Gasteiger partial charge on any atom is -0.358 e. The Morgan fingerprint density at radius 2 is 1.96 bits per heavy atom. The summed E-state index contributed by atoms with van der Waals surface area (Å²) < 4.78 is 0. The number of aromatic amines is 1. The first-order chi connectivity index (χ1) is 13.0. The molecule has 0 saturated heterocycles. The van der Waals surface area contributed by atoms with Crippen molar-refractivity contribution in [1.82, 2.24) is 15.0 Å². The van der Waals surface area contributed by atoms with E-state index < -0.39 is 0 Å². The average molecular weight is 361 g/mol. The van der Waals surface area contributed by atoms with Gasteiger partial charge in [-0.1, -0.05) is 0 Å². The molecule has 4 rings (SSSR count). The molecule has 136 valence electrons. The van der Waals surface area contributed by atoms with Crippen LogP contribution in [0.15, 0.2) is 42.7 Å². The van der Waals surface area contributed by atoms with Crippen LogP contribution in [-0.4, -0.2) is 40.2 Å². The van der Waals surface area contributed by atoms with Crippen molar-refractivity contribution in [3.05, 3.63) is 54.0 Å². The summed E-state index contributed by atoms with van der Waals surface area (Å²) in [5.74, 6) is 1.04. The number of ketones is 1. The Bertz CT molecular complexity index is 1060. The van der Waals surface area contributed by atoms with Crippen molar-refractivity contribution in [2.75, 3.05) is 23.4 Å². The standard InChI is InChI=1S/C20H19N5O2/c1-4-25-18-14(6-5-10-22-18)20(27)24(3)16-8-7-15(23-19(16)25)13-9-11-21-17(13)12(2)26/h5-11,21H,4H2,1-3H3. The van der Waals surface area contributed by atoms with Gasteiger partial charge in [0.2, 0.25) is 0 Å². The van der Waals surface area contributed by atoms with E-state index in [1.807, 2.05) is 30.0 Å². The summed E-state index contributed by atoms with van der Waals surface area (Å²) in [5.41, 5.74) is 3.15. The second kappa shape index (κ2) is 6.35. The number of carbonyl (C=O) groups is 2. The third kappa shape index (κ3) is 2.59. The molecule has 3 aromatic heterocycles. The second-order valence-corrected chi connectivity index (χ2v) is 6.34. The Morgan fingerprint density at radius 3 is 2.70 bits per heavy atom. The number of H-pyrrole nitrogens is 1. The minimum atomic E-state index is -0.129. The van der Waals surface area contributed by atoms with Crippen LogP contribution in [0.2, 0.25) is 0 Å². The van der Waals surface area contributed by atoms with E-state index in [0.717, 1.165) is 5.56 Å². The number of rotatable bonds is 3. The molecule has 0 atom stereocenters. The fourth-order valence-corrected chi connectivity index (χ4v) is 3.39. The molecule has 0 unspecified atom stereocenters.